The van der Waals surface area contributed by atoms with Crippen LogP contribution in [0.2, 0.25) is 0 Å². The van der Waals surface area contributed by atoms with Crippen molar-refractivity contribution < 1.29 is 13.2 Å². The van der Waals surface area contributed by atoms with Gasteiger partial charge in [0.05, 0.1) is 11.9 Å². The first-order valence-corrected chi connectivity index (χ1v) is 7.24. The molecule has 0 saturated heterocycles. The number of nitrogens with two attached hydrogens (primary N) is 1. The maximum atomic E-state index is 11.5. The van der Waals surface area contributed by atoms with Crippen molar-refractivity contribution in [3.05, 3.63) is 23.9 Å². The van der Waals surface area contributed by atoms with Crippen molar-refractivity contribution >= 4 is 10.0 Å². The summed E-state index contributed by atoms with van der Waals surface area (Å²) >= 11 is 0. The molecule has 6 heteroatoms. The van der Waals surface area contributed by atoms with Crippen molar-refractivity contribution in [3.63, 3.8) is 0 Å². The normalized spacial score (nSPS) is 14.3. The van der Waals surface area contributed by atoms with E-state index in [9.17, 15) is 8.42 Å². The van der Waals surface area contributed by atoms with Crippen LogP contribution in [0.25, 0.3) is 0 Å². The fourth-order valence-electron chi connectivity index (χ4n) is 1.78. The van der Waals surface area contributed by atoms with Crippen molar-refractivity contribution in [2.24, 2.45) is 5.14 Å². The minimum Gasteiger partial charge on any atom is -0.481 e. The first-order valence-electron chi connectivity index (χ1n) is 5.69. The quantitative estimate of drug-likeness (QED) is 0.883. The number of ether oxygens (including phenoxy) is 1. The summed E-state index contributed by atoms with van der Waals surface area (Å²) < 4.78 is 26.9. The molecule has 1 rings (SSSR count). The molecule has 1 aromatic heterocycles. The molecule has 1 atom stereocenters. The second-order valence-corrected chi connectivity index (χ2v) is 7.24. The third-order valence-electron chi connectivity index (χ3n) is 3.11. The number of rotatable bonds is 5. The first kappa shape index (κ1) is 14.9. The molecule has 0 aliphatic heterocycles. The lowest BCUT2D eigenvalue weighted by Crippen LogP contribution is -2.38. The zero-order valence-electron chi connectivity index (χ0n) is 11.2. The van der Waals surface area contributed by atoms with Crippen molar-refractivity contribution in [1.82, 2.24) is 4.98 Å². The molecule has 0 radical (unpaired) electrons. The lowest BCUT2D eigenvalue weighted by molar-refractivity contribution is 0.397. The highest BCUT2D eigenvalue weighted by molar-refractivity contribution is 7.90. The Kier molecular flexibility index (Phi) is 4.34. The van der Waals surface area contributed by atoms with Crippen LogP contribution in [0.4, 0.5) is 0 Å². The maximum Gasteiger partial charge on any atom is 0.214 e. The Morgan fingerprint density at radius 1 is 1.44 bits per heavy atom. The zero-order chi connectivity index (χ0) is 14.0. The van der Waals surface area contributed by atoms with Crippen LogP contribution in [0.3, 0.4) is 0 Å². The molecule has 18 heavy (non-hydrogen) atoms. The molecule has 0 aromatic carbocycles. The van der Waals surface area contributed by atoms with Crippen LogP contribution >= 0.6 is 0 Å². The largest absolute Gasteiger partial charge is 0.481 e. The Balaban J connectivity index is 2.85. The Morgan fingerprint density at radius 3 is 2.44 bits per heavy atom. The number of hydrogen-bond donors (Lipinski definition) is 1. The summed E-state index contributed by atoms with van der Waals surface area (Å²) in [6, 6.07) is 3.64. The average Bonchev–Trinajstić information content (AvgIpc) is 2.27. The number of methoxy groups -OCH3 is 1. The van der Waals surface area contributed by atoms with Gasteiger partial charge in [0.25, 0.3) is 0 Å². The summed E-state index contributed by atoms with van der Waals surface area (Å²) in [5.41, 5.74) is 0.965. The molecule has 0 aliphatic carbocycles. The standard InChI is InChI=1S/C12H20N2O3S/c1-9(7-12(2,3)18(13,15)16)10-5-6-11(17-4)14-8-10/h5-6,8-9H,7H2,1-4H3,(H2,13,15,16). The fourth-order valence-corrected chi connectivity index (χ4v) is 2.26. The van der Waals surface area contributed by atoms with Gasteiger partial charge in [0.1, 0.15) is 0 Å². The summed E-state index contributed by atoms with van der Waals surface area (Å²) in [5.74, 6) is 0.591. The predicted molar refractivity (Wildman–Crippen MR) is 71.0 cm³/mol. The van der Waals surface area contributed by atoms with E-state index in [0.29, 0.717) is 12.3 Å². The number of hydrogen-bond acceptors (Lipinski definition) is 4. The molecule has 102 valence electrons. The number of sulfonamides is 1. The SMILES string of the molecule is COc1ccc(C(C)CC(C)(C)S(N)(=O)=O)cn1. The molecule has 0 bridgehead atoms. The number of pyridine rings is 1. The fraction of sp³-hybridized carbons (Fsp3) is 0.583. The van der Waals surface area contributed by atoms with Crippen molar-refractivity contribution in [2.75, 3.05) is 7.11 Å². The van der Waals surface area contributed by atoms with Crippen LogP contribution in [0.1, 0.15) is 38.7 Å². The van der Waals surface area contributed by atoms with Crippen molar-refractivity contribution in [1.29, 1.82) is 0 Å². The second-order valence-electron chi connectivity index (χ2n) is 5.04. The lowest BCUT2D eigenvalue weighted by atomic mass is 9.92. The van der Waals surface area contributed by atoms with E-state index in [1.54, 1.807) is 33.2 Å². The molecule has 0 amide bonds. The summed E-state index contributed by atoms with van der Waals surface area (Å²) in [5, 5.41) is 5.22. The maximum absolute atomic E-state index is 11.5. The monoisotopic (exact) mass is 272 g/mol. The van der Waals surface area contributed by atoms with E-state index >= 15 is 0 Å². The van der Waals surface area contributed by atoms with Gasteiger partial charge in [-0.15, -0.1) is 0 Å². The van der Waals surface area contributed by atoms with E-state index < -0.39 is 14.8 Å². The molecule has 1 aromatic rings. The molecule has 1 unspecified atom stereocenters. The van der Waals surface area contributed by atoms with E-state index in [1.807, 2.05) is 13.0 Å². The molecule has 0 aliphatic rings. The van der Waals surface area contributed by atoms with Gasteiger partial charge in [-0.1, -0.05) is 13.0 Å². The summed E-state index contributed by atoms with van der Waals surface area (Å²) in [6.07, 6.45) is 2.14. The van der Waals surface area contributed by atoms with Crippen LogP contribution in [0.15, 0.2) is 18.3 Å². The summed E-state index contributed by atoms with van der Waals surface area (Å²) in [6.45, 7) is 5.22. The van der Waals surface area contributed by atoms with Crippen molar-refractivity contribution in [3.8, 4) is 5.88 Å². The van der Waals surface area contributed by atoms with Crippen LogP contribution in [-0.4, -0.2) is 25.3 Å². The van der Waals surface area contributed by atoms with Gasteiger partial charge in [-0.25, -0.2) is 18.5 Å². The van der Waals surface area contributed by atoms with E-state index in [-0.39, 0.29) is 5.92 Å². The number of primary sulfonamides is 1. The van der Waals surface area contributed by atoms with Crippen LogP contribution in [0, 0.1) is 0 Å². The Hall–Kier alpha value is -1.14. The van der Waals surface area contributed by atoms with Gasteiger partial charge >= 0.3 is 0 Å². The molecule has 0 fully saturated rings. The average molecular weight is 272 g/mol. The Bertz CT molecular complexity index is 495. The predicted octanol–water partition coefficient (Wildman–Crippen LogP) is 1.65. The summed E-state index contributed by atoms with van der Waals surface area (Å²) in [4.78, 5) is 4.11. The van der Waals surface area contributed by atoms with Gasteiger partial charge in [0.2, 0.25) is 15.9 Å². The van der Waals surface area contributed by atoms with Crippen molar-refractivity contribution in [2.45, 2.75) is 37.9 Å². The lowest BCUT2D eigenvalue weighted by Gasteiger charge is -2.25. The highest BCUT2D eigenvalue weighted by Gasteiger charge is 2.33. The minimum atomic E-state index is -3.56. The molecule has 0 saturated carbocycles. The highest BCUT2D eigenvalue weighted by atomic mass is 32.2. The molecular formula is C12H20N2O3S. The van der Waals surface area contributed by atoms with Crippen LogP contribution in [0.5, 0.6) is 5.88 Å². The molecule has 1 heterocycles. The Labute approximate surface area is 108 Å². The third-order valence-corrected chi connectivity index (χ3v) is 4.81. The van der Waals surface area contributed by atoms with Gasteiger partial charge in [0.15, 0.2) is 0 Å². The van der Waals surface area contributed by atoms with E-state index in [4.69, 9.17) is 9.88 Å². The third kappa shape index (κ3) is 3.43. The van der Waals surface area contributed by atoms with E-state index in [1.165, 1.54) is 0 Å². The van der Waals surface area contributed by atoms with Gasteiger partial charge in [0, 0.05) is 12.3 Å². The smallest absolute Gasteiger partial charge is 0.214 e. The highest BCUT2D eigenvalue weighted by Crippen LogP contribution is 2.29. The molecule has 0 spiro atoms. The van der Waals surface area contributed by atoms with Gasteiger partial charge in [-0.05, 0) is 31.7 Å². The van der Waals surface area contributed by atoms with Crippen LogP contribution < -0.4 is 9.88 Å². The van der Waals surface area contributed by atoms with E-state index in [0.717, 1.165) is 5.56 Å². The Morgan fingerprint density at radius 2 is 2.06 bits per heavy atom. The first-order chi connectivity index (χ1) is 8.17. The van der Waals surface area contributed by atoms with Gasteiger partial charge in [-0.2, -0.15) is 0 Å². The van der Waals surface area contributed by atoms with Gasteiger partial charge in [-0.3, -0.25) is 0 Å². The second kappa shape index (κ2) is 5.24. The topological polar surface area (TPSA) is 82.3 Å². The molecule has 2 N–H and O–H groups in total. The molecule has 5 nitrogen and oxygen atoms in total. The van der Waals surface area contributed by atoms with E-state index in [2.05, 4.69) is 4.98 Å². The van der Waals surface area contributed by atoms with Gasteiger partial charge < -0.3 is 4.74 Å². The summed E-state index contributed by atoms with van der Waals surface area (Å²) in [7, 11) is -2.01. The number of aromatic nitrogens is 1. The minimum absolute atomic E-state index is 0.0525. The zero-order valence-corrected chi connectivity index (χ0v) is 12.0. The van der Waals surface area contributed by atoms with Crippen LogP contribution in [-0.2, 0) is 10.0 Å². The molecular weight excluding hydrogens is 252 g/mol. The number of nitrogens with zero attached hydrogens (tertiary/aromatic N) is 1.